The van der Waals surface area contributed by atoms with E-state index in [1.54, 1.807) is 17.5 Å². The zero-order valence-corrected chi connectivity index (χ0v) is 10.7. The van der Waals surface area contributed by atoms with Gasteiger partial charge in [0.1, 0.15) is 10.7 Å². The van der Waals surface area contributed by atoms with Crippen LogP contribution in [0.15, 0.2) is 23.6 Å². The minimum Gasteiger partial charge on any atom is -0.293 e. The second-order valence-electron chi connectivity index (χ2n) is 3.22. The van der Waals surface area contributed by atoms with Gasteiger partial charge in [-0.2, -0.15) is 0 Å². The van der Waals surface area contributed by atoms with Gasteiger partial charge in [-0.3, -0.25) is 4.79 Å². The van der Waals surface area contributed by atoms with Crippen LogP contribution in [0.1, 0.15) is 17.4 Å². The van der Waals surface area contributed by atoms with E-state index in [2.05, 4.69) is 4.98 Å². The Morgan fingerprint density at radius 3 is 2.62 bits per heavy atom. The number of benzene rings is 1. The second kappa shape index (κ2) is 4.53. The third-order valence-corrected chi connectivity index (χ3v) is 3.66. The van der Waals surface area contributed by atoms with Crippen LogP contribution in [-0.4, -0.2) is 10.8 Å². The first-order valence-electron chi connectivity index (χ1n) is 4.50. The summed E-state index contributed by atoms with van der Waals surface area (Å²) in [5.41, 5.74) is 1.35. The molecule has 0 bridgehead atoms. The van der Waals surface area contributed by atoms with Crippen LogP contribution < -0.4 is 0 Å². The van der Waals surface area contributed by atoms with E-state index in [9.17, 15) is 4.79 Å². The van der Waals surface area contributed by atoms with Gasteiger partial charge in [0.15, 0.2) is 5.78 Å². The molecule has 1 aromatic heterocycles. The lowest BCUT2D eigenvalue weighted by Gasteiger charge is -1.98. The van der Waals surface area contributed by atoms with Crippen molar-refractivity contribution in [2.45, 2.75) is 6.92 Å². The molecule has 0 N–H and O–H groups in total. The number of aromatic nitrogens is 1. The average molecular weight is 272 g/mol. The molecule has 2 aromatic rings. The molecule has 1 heterocycles. The van der Waals surface area contributed by atoms with Crippen molar-refractivity contribution in [1.82, 2.24) is 4.98 Å². The van der Waals surface area contributed by atoms with E-state index < -0.39 is 0 Å². The molecule has 16 heavy (non-hydrogen) atoms. The molecule has 0 spiro atoms. The molecule has 0 saturated carbocycles. The molecule has 5 heteroatoms. The van der Waals surface area contributed by atoms with Gasteiger partial charge in [0.2, 0.25) is 0 Å². The number of Topliss-reactive ketones (excluding diaryl/α,β-unsaturated/α-hetero) is 1. The van der Waals surface area contributed by atoms with Gasteiger partial charge < -0.3 is 0 Å². The van der Waals surface area contributed by atoms with Crippen LogP contribution in [0.3, 0.4) is 0 Å². The fourth-order valence-corrected chi connectivity index (χ4v) is 2.35. The van der Waals surface area contributed by atoms with Crippen LogP contribution in [0.25, 0.3) is 10.6 Å². The van der Waals surface area contributed by atoms with Gasteiger partial charge in [-0.25, -0.2) is 4.98 Å². The molecule has 0 saturated heterocycles. The fraction of sp³-hybridized carbons (Fsp3) is 0.0909. The largest absolute Gasteiger partial charge is 0.293 e. The summed E-state index contributed by atoms with van der Waals surface area (Å²) in [5.74, 6) is -0.0393. The Balaban J connectivity index is 2.42. The maximum absolute atomic E-state index is 11.1. The highest BCUT2D eigenvalue weighted by Crippen LogP contribution is 2.30. The number of nitrogens with zero attached hydrogens (tertiary/aromatic N) is 1. The topological polar surface area (TPSA) is 30.0 Å². The molecule has 0 atom stereocenters. The molecule has 0 fully saturated rings. The van der Waals surface area contributed by atoms with Gasteiger partial charge in [-0.15, -0.1) is 11.3 Å². The lowest BCUT2D eigenvalue weighted by atomic mass is 10.2. The van der Waals surface area contributed by atoms with Crippen molar-refractivity contribution in [2.24, 2.45) is 0 Å². The number of hydrogen-bond donors (Lipinski definition) is 0. The third-order valence-electron chi connectivity index (χ3n) is 2.03. The Labute approximate surface area is 107 Å². The molecule has 82 valence electrons. The van der Waals surface area contributed by atoms with Crippen LogP contribution in [0, 0.1) is 0 Å². The van der Waals surface area contributed by atoms with E-state index in [0.717, 1.165) is 10.6 Å². The predicted molar refractivity (Wildman–Crippen MR) is 67.6 cm³/mol. The third kappa shape index (κ3) is 2.26. The van der Waals surface area contributed by atoms with Crippen LogP contribution in [-0.2, 0) is 0 Å². The van der Waals surface area contributed by atoms with Crippen LogP contribution in [0.2, 0.25) is 10.0 Å². The molecule has 0 radical (unpaired) electrons. The van der Waals surface area contributed by atoms with Gasteiger partial charge in [-0.1, -0.05) is 29.3 Å². The van der Waals surface area contributed by atoms with E-state index in [0.29, 0.717) is 15.7 Å². The summed E-state index contributed by atoms with van der Waals surface area (Å²) in [6, 6.07) is 5.29. The summed E-state index contributed by atoms with van der Waals surface area (Å²) in [4.78, 5) is 15.3. The molecule has 0 aliphatic rings. The Kier molecular flexibility index (Phi) is 3.28. The molecule has 2 rings (SSSR count). The van der Waals surface area contributed by atoms with Crippen molar-refractivity contribution in [3.63, 3.8) is 0 Å². The van der Waals surface area contributed by atoms with Gasteiger partial charge in [-0.05, 0) is 12.1 Å². The first-order valence-corrected chi connectivity index (χ1v) is 6.13. The van der Waals surface area contributed by atoms with Crippen molar-refractivity contribution < 1.29 is 4.79 Å². The Bertz CT molecular complexity index is 551. The zero-order valence-electron chi connectivity index (χ0n) is 8.33. The minimum atomic E-state index is -0.0393. The maximum atomic E-state index is 11.1. The summed E-state index contributed by atoms with van der Waals surface area (Å²) in [7, 11) is 0. The molecule has 0 aliphatic heterocycles. The predicted octanol–water partition coefficient (Wildman–Crippen LogP) is 4.32. The molecule has 0 amide bonds. The van der Waals surface area contributed by atoms with Crippen LogP contribution in [0.4, 0.5) is 0 Å². The summed E-state index contributed by atoms with van der Waals surface area (Å²) >= 11 is 13.1. The first-order chi connectivity index (χ1) is 7.58. The fourth-order valence-electron chi connectivity index (χ4n) is 1.20. The molecule has 0 aliphatic carbocycles. The number of thiazole rings is 1. The lowest BCUT2D eigenvalue weighted by Crippen LogP contribution is -1.91. The van der Waals surface area contributed by atoms with Gasteiger partial charge >= 0.3 is 0 Å². The van der Waals surface area contributed by atoms with Gasteiger partial charge in [0.05, 0.1) is 10.0 Å². The first kappa shape index (κ1) is 11.6. The van der Waals surface area contributed by atoms with Crippen LogP contribution in [0.5, 0.6) is 0 Å². The smallest absolute Gasteiger partial charge is 0.178 e. The standard InChI is InChI=1S/C11H7Cl2NOS/c1-6(15)10-5-16-11(14-10)7-2-3-8(12)9(13)4-7/h2-5H,1H3. The summed E-state index contributed by atoms with van der Waals surface area (Å²) in [5, 5.41) is 3.50. The summed E-state index contributed by atoms with van der Waals surface area (Å²) < 4.78 is 0. The highest BCUT2D eigenvalue weighted by molar-refractivity contribution is 7.13. The number of carbonyl (C=O) groups is 1. The van der Waals surface area contributed by atoms with Crippen molar-refractivity contribution in [3.05, 3.63) is 39.3 Å². The Morgan fingerprint density at radius 2 is 2.06 bits per heavy atom. The monoisotopic (exact) mass is 271 g/mol. The SMILES string of the molecule is CC(=O)c1csc(-c2ccc(Cl)c(Cl)c2)n1. The zero-order chi connectivity index (χ0) is 11.7. The number of rotatable bonds is 2. The van der Waals surface area contributed by atoms with Crippen molar-refractivity contribution in [1.29, 1.82) is 0 Å². The van der Waals surface area contributed by atoms with E-state index in [1.165, 1.54) is 18.3 Å². The maximum Gasteiger partial charge on any atom is 0.178 e. The normalized spacial score (nSPS) is 10.4. The molecule has 2 nitrogen and oxygen atoms in total. The van der Waals surface area contributed by atoms with Gasteiger partial charge in [0.25, 0.3) is 0 Å². The van der Waals surface area contributed by atoms with E-state index in [-0.39, 0.29) is 5.78 Å². The summed E-state index contributed by atoms with van der Waals surface area (Å²) in [6.07, 6.45) is 0. The van der Waals surface area contributed by atoms with Crippen molar-refractivity contribution in [3.8, 4) is 10.6 Å². The van der Waals surface area contributed by atoms with Crippen molar-refractivity contribution >= 4 is 40.3 Å². The average Bonchev–Trinajstić information content (AvgIpc) is 2.71. The molecule has 0 unspecified atom stereocenters. The highest BCUT2D eigenvalue weighted by atomic mass is 35.5. The number of hydrogen-bond acceptors (Lipinski definition) is 3. The Morgan fingerprint density at radius 1 is 1.31 bits per heavy atom. The Hall–Kier alpha value is -0.900. The van der Waals surface area contributed by atoms with E-state index in [1.807, 2.05) is 6.07 Å². The van der Waals surface area contributed by atoms with Gasteiger partial charge in [0, 0.05) is 17.9 Å². The second-order valence-corrected chi connectivity index (χ2v) is 4.90. The molecular weight excluding hydrogens is 265 g/mol. The van der Waals surface area contributed by atoms with Crippen LogP contribution >= 0.6 is 34.5 Å². The quantitative estimate of drug-likeness (QED) is 0.762. The van der Waals surface area contributed by atoms with E-state index in [4.69, 9.17) is 23.2 Å². The minimum absolute atomic E-state index is 0.0393. The summed E-state index contributed by atoms with van der Waals surface area (Å²) in [6.45, 7) is 1.49. The lowest BCUT2D eigenvalue weighted by molar-refractivity contribution is 0.101. The molecular formula is C11H7Cl2NOS. The van der Waals surface area contributed by atoms with Crippen molar-refractivity contribution in [2.75, 3.05) is 0 Å². The number of halogens is 2. The van der Waals surface area contributed by atoms with E-state index >= 15 is 0 Å². The highest BCUT2D eigenvalue weighted by Gasteiger charge is 2.09. The number of carbonyl (C=O) groups excluding carboxylic acids is 1. The molecule has 1 aromatic carbocycles. The number of ketones is 1.